The van der Waals surface area contributed by atoms with Crippen molar-refractivity contribution >= 4 is 0 Å². The van der Waals surface area contributed by atoms with Crippen LogP contribution in [0.15, 0.2) is 60.7 Å². The molecule has 0 unspecified atom stereocenters. The molecule has 1 atom stereocenters. The third-order valence-electron chi connectivity index (χ3n) is 5.19. The van der Waals surface area contributed by atoms with Crippen molar-refractivity contribution in [3.05, 3.63) is 71.9 Å². The van der Waals surface area contributed by atoms with Crippen molar-refractivity contribution in [2.75, 3.05) is 20.1 Å². The Morgan fingerprint density at radius 3 is 2.54 bits per heavy atom. The van der Waals surface area contributed by atoms with Gasteiger partial charge in [-0.2, -0.15) is 15.4 Å². The number of aromatic amines is 1. The van der Waals surface area contributed by atoms with E-state index in [-0.39, 0.29) is 0 Å². The molecule has 4 rings (SSSR count). The lowest BCUT2D eigenvalue weighted by molar-refractivity contribution is 0.221. The summed E-state index contributed by atoms with van der Waals surface area (Å²) in [5.74, 6) is 0. The number of hydrogen-bond donors (Lipinski definition) is 1. The maximum Gasteiger partial charge on any atom is 0.117 e. The van der Waals surface area contributed by atoms with E-state index in [0.29, 0.717) is 6.04 Å². The summed E-state index contributed by atoms with van der Waals surface area (Å²) in [6.45, 7) is 4.09. The van der Waals surface area contributed by atoms with Crippen LogP contribution in [0.3, 0.4) is 0 Å². The molecule has 0 aliphatic carbocycles. The fourth-order valence-corrected chi connectivity index (χ4v) is 3.71. The number of H-pyrrole nitrogens is 1. The van der Waals surface area contributed by atoms with Crippen LogP contribution >= 0.6 is 0 Å². The molecule has 1 aromatic heterocycles. The van der Waals surface area contributed by atoms with Crippen molar-refractivity contribution < 1.29 is 0 Å². The van der Waals surface area contributed by atoms with Gasteiger partial charge in [-0.1, -0.05) is 60.7 Å². The van der Waals surface area contributed by atoms with E-state index < -0.39 is 0 Å². The van der Waals surface area contributed by atoms with E-state index in [1.54, 1.807) is 0 Å². The van der Waals surface area contributed by atoms with Gasteiger partial charge in [0, 0.05) is 37.8 Å². The van der Waals surface area contributed by atoms with Gasteiger partial charge in [0.2, 0.25) is 0 Å². The Hall–Kier alpha value is -2.50. The molecule has 0 saturated carbocycles. The molecule has 5 nitrogen and oxygen atoms in total. The third kappa shape index (κ3) is 3.84. The Morgan fingerprint density at radius 2 is 1.77 bits per heavy atom. The van der Waals surface area contributed by atoms with Crippen LogP contribution in [-0.2, 0) is 13.1 Å². The highest BCUT2D eigenvalue weighted by molar-refractivity contribution is 5.60. The van der Waals surface area contributed by atoms with Crippen molar-refractivity contribution in [1.29, 1.82) is 0 Å². The second-order valence-corrected chi connectivity index (χ2v) is 7.06. The number of rotatable bonds is 6. The summed E-state index contributed by atoms with van der Waals surface area (Å²) in [6.07, 6.45) is 1.20. The molecule has 134 valence electrons. The summed E-state index contributed by atoms with van der Waals surface area (Å²) in [5, 5.41) is 11.6. The number of nitrogens with zero attached hydrogens (tertiary/aromatic N) is 4. The fourth-order valence-electron chi connectivity index (χ4n) is 3.71. The average molecular weight is 347 g/mol. The molecular weight excluding hydrogens is 322 g/mol. The molecule has 0 amide bonds. The lowest BCUT2D eigenvalue weighted by atomic mass is 10.1. The molecule has 5 heteroatoms. The molecule has 3 aromatic rings. The molecule has 0 radical (unpaired) electrons. The van der Waals surface area contributed by atoms with Crippen molar-refractivity contribution in [1.82, 2.24) is 25.2 Å². The van der Waals surface area contributed by atoms with E-state index >= 15 is 0 Å². The molecule has 1 aliphatic heterocycles. The highest BCUT2D eigenvalue weighted by Gasteiger charge is 2.26. The Bertz CT molecular complexity index is 815. The zero-order valence-corrected chi connectivity index (χ0v) is 15.2. The van der Waals surface area contributed by atoms with Crippen LogP contribution in [0.1, 0.15) is 17.7 Å². The number of benzene rings is 2. The first-order valence-corrected chi connectivity index (χ1v) is 9.21. The first-order chi connectivity index (χ1) is 12.8. The monoisotopic (exact) mass is 347 g/mol. The van der Waals surface area contributed by atoms with Crippen molar-refractivity contribution in [2.45, 2.75) is 25.6 Å². The summed E-state index contributed by atoms with van der Waals surface area (Å²) in [5.41, 5.74) is 4.47. The first-order valence-electron chi connectivity index (χ1n) is 9.21. The minimum absolute atomic E-state index is 0.555. The summed E-state index contributed by atoms with van der Waals surface area (Å²) in [6, 6.07) is 21.5. The topological polar surface area (TPSA) is 48.1 Å². The second-order valence-electron chi connectivity index (χ2n) is 7.06. The summed E-state index contributed by atoms with van der Waals surface area (Å²) < 4.78 is 0. The lowest BCUT2D eigenvalue weighted by Crippen LogP contribution is -2.34. The Labute approximate surface area is 154 Å². The van der Waals surface area contributed by atoms with Crippen LogP contribution in [0.4, 0.5) is 0 Å². The fraction of sp³-hybridized carbons (Fsp3) is 0.333. The largest absolute Gasteiger partial charge is 0.297 e. The molecule has 0 spiro atoms. The van der Waals surface area contributed by atoms with Crippen LogP contribution in [-0.4, -0.2) is 51.4 Å². The Morgan fingerprint density at radius 1 is 1.04 bits per heavy atom. The van der Waals surface area contributed by atoms with Crippen LogP contribution in [0.2, 0.25) is 0 Å². The SMILES string of the molecule is CN(Cc1n[nH]nc1-c1ccccc1)[C@H]1CCN(Cc2ccccc2)C1. The van der Waals surface area contributed by atoms with E-state index in [2.05, 4.69) is 74.7 Å². The third-order valence-corrected chi connectivity index (χ3v) is 5.19. The van der Waals surface area contributed by atoms with Crippen molar-refractivity contribution in [3.8, 4) is 11.3 Å². The number of aromatic nitrogens is 3. The van der Waals surface area contributed by atoms with Gasteiger partial charge in [-0.3, -0.25) is 9.80 Å². The summed E-state index contributed by atoms with van der Waals surface area (Å²) >= 11 is 0. The predicted octanol–water partition coefficient (Wildman–Crippen LogP) is 3.18. The van der Waals surface area contributed by atoms with E-state index in [9.17, 15) is 0 Å². The quantitative estimate of drug-likeness (QED) is 0.744. The minimum Gasteiger partial charge on any atom is -0.297 e. The van der Waals surface area contributed by atoms with Crippen LogP contribution in [0.25, 0.3) is 11.3 Å². The predicted molar refractivity (Wildman–Crippen MR) is 103 cm³/mol. The van der Waals surface area contributed by atoms with E-state index in [1.807, 2.05) is 18.2 Å². The first kappa shape index (κ1) is 16.9. The molecule has 0 bridgehead atoms. The zero-order chi connectivity index (χ0) is 17.8. The van der Waals surface area contributed by atoms with Gasteiger partial charge in [0.1, 0.15) is 11.4 Å². The average Bonchev–Trinajstić information content (AvgIpc) is 3.33. The molecular formula is C21H25N5. The van der Waals surface area contributed by atoms with E-state index in [1.165, 1.54) is 12.0 Å². The summed E-state index contributed by atoms with van der Waals surface area (Å²) in [4.78, 5) is 4.95. The van der Waals surface area contributed by atoms with E-state index in [4.69, 9.17) is 0 Å². The molecule has 1 saturated heterocycles. The smallest absolute Gasteiger partial charge is 0.117 e. The van der Waals surface area contributed by atoms with Gasteiger partial charge in [-0.05, 0) is 19.0 Å². The molecule has 1 N–H and O–H groups in total. The van der Waals surface area contributed by atoms with Gasteiger partial charge in [-0.15, -0.1) is 0 Å². The Kier molecular flexibility index (Phi) is 5.09. The van der Waals surface area contributed by atoms with Crippen molar-refractivity contribution in [3.63, 3.8) is 0 Å². The van der Waals surface area contributed by atoms with Gasteiger partial charge in [-0.25, -0.2) is 0 Å². The molecule has 26 heavy (non-hydrogen) atoms. The lowest BCUT2D eigenvalue weighted by Gasteiger charge is -2.24. The number of nitrogens with one attached hydrogen (secondary N) is 1. The zero-order valence-electron chi connectivity index (χ0n) is 15.2. The Balaban J connectivity index is 1.38. The van der Waals surface area contributed by atoms with Crippen molar-refractivity contribution in [2.24, 2.45) is 0 Å². The molecule has 2 heterocycles. The molecule has 1 aliphatic rings. The van der Waals surface area contributed by atoms with Crippen LogP contribution < -0.4 is 0 Å². The highest BCUT2D eigenvalue weighted by atomic mass is 15.3. The second kappa shape index (κ2) is 7.81. The van der Waals surface area contributed by atoms with Gasteiger partial charge in [0.25, 0.3) is 0 Å². The number of likely N-dealkylation sites (tertiary alicyclic amines) is 1. The molecule has 2 aromatic carbocycles. The number of likely N-dealkylation sites (N-methyl/N-ethyl adjacent to an activating group) is 1. The standard InChI is InChI=1S/C21H25N5/c1-25(16-20-21(23-24-22-20)18-10-6-3-7-11-18)19-12-13-26(15-19)14-17-8-4-2-5-9-17/h2-11,19H,12-16H2,1H3,(H,22,23,24)/t19-/m0/s1. The number of hydrogen-bond acceptors (Lipinski definition) is 4. The maximum absolute atomic E-state index is 4.40. The highest BCUT2D eigenvalue weighted by Crippen LogP contribution is 2.23. The van der Waals surface area contributed by atoms with Crippen LogP contribution in [0.5, 0.6) is 0 Å². The van der Waals surface area contributed by atoms with Gasteiger partial charge in [0.05, 0.1) is 0 Å². The summed E-state index contributed by atoms with van der Waals surface area (Å²) in [7, 11) is 2.19. The van der Waals surface area contributed by atoms with Gasteiger partial charge in [0.15, 0.2) is 0 Å². The van der Waals surface area contributed by atoms with Gasteiger partial charge < -0.3 is 0 Å². The maximum atomic E-state index is 4.40. The van der Waals surface area contributed by atoms with Gasteiger partial charge >= 0.3 is 0 Å². The molecule has 1 fully saturated rings. The normalized spacial score (nSPS) is 17.8. The van der Waals surface area contributed by atoms with E-state index in [0.717, 1.165) is 43.1 Å². The van der Waals surface area contributed by atoms with Crippen LogP contribution in [0, 0.1) is 0 Å². The minimum atomic E-state index is 0.555.